The predicted octanol–water partition coefficient (Wildman–Crippen LogP) is 3.88. The van der Waals surface area contributed by atoms with E-state index in [0.717, 1.165) is 11.3 Å². The van der Waals surface area contributed by atoms with E-state index in [1.165, 1.54) is 0 Å². The highest BCUT2D eigenvalue weighted by atomic mass is 16.5. The number of hydrogen-bond donors (Lipinski definition) is 0. The number of hydrogen-bond acceptors (Lipinski definition) is 4. The van der Waals surface area contributed by atoms with Crippen molar-refractivity contribution >= 4 is 11.9 Å². The molecule has 2 aromatic carbocycles. The van der Waals surface area contributed by atoms with Gasteiger partial charge >= 0.3 is 0 Å². The minimum atomic E-state index is -0.316. The standard InChI is InChI=1S/C19H17NO3/c1-3-23-18-8-4-14(5-9-18)12-16(13-20)19(21)15-6-10-17(22-2)11-7-15/h4-12H,3H2,1-2H3/b16-12-. The summed E-state index contributed by atoms with van der Waals surface area (Å²) in [6, 6.07) is 15.9. The van der Waals surface area contributed by atoms with Crippen LogP contribution < -0.4 is 9.47 Å². The van der Waals surface area contributed by atoms with E-state index in [0.29, 0.717) is 17.9 Å². The summed E-state index contributed by atoms with van der Waals surface area (Å²) >= 11 is 0. The van der Waals surface area contributed by atoms with Crippen LogP contribution in [0.4, 0.5) is 0 Å². The number of ketones is 1. The van der Waals surface area contributed by atoms with Gasteiger partial charge in [-0.2, -0.15) is 5.26 Å². The number of carbonyl (C=O) groups is 1. The molecule has 0 spiro atoms. The fraction of sp³-hybridized carbons (Fsp3) is 0.158. The first-order chi connectivity index (χ1) is 11.2. The van der Waals surface area contributed by atoms with Gasteiger partial charge in [0.1, 0.15) is 23.1 Å². The second-order valence-electron chi connectivity index (χ2n) is 4.73. The molecule has 0 amide bonds. The molecular formula is C19H17NO3. The summed E-state index contributed by atoms with van der Waals surface area (Å²) in [6.45, 7) is 2.50. The third-order valence-corrected chi connectivity index (χ3v) is 3.22. The van der Waals surface area contributed by atoms with Gasteiger partial charge in [-0.15, -0.1) is 0 Å². The van der Waals surface area contributed by atoms with E-state index in [2.05, 4.69) is 0 Å². The second kappa shape index (κ2) is 7.81. The number of Topliss-reactive ketones (excluding diaryl/α,β-unsaturated/α-hetero) is 1. The summed E-state index contributed by atoms with van der Waals surface area (Å²) in [5.41, 5.74) is 1.30. The topological polar surface area (TPSA) is 59.3 Å². The molecule has 23 heavy (non-hydrogen) atoms. The van der Waals surface area contributed by atoms with Crippen LogP contribution in [0.5, 0.6) is 11.5 Å². The minimum Gasteiger partial charge on any atom is -0.497 e. The highest BCUT2D eigenvalue weighted by molar-refractivity contribution is 6.14. The van der Waals surface area contributed by atoms with Crippen LogP contribution in [-0.4, -0.2) is 19.5 Å². The fourth-order valence-corrected chi connectivity index (χ4v) is 2.04. The molecule has 0 N–H and O–H groups in total. The van der Waals surface area contributed by atoms with Gasteiger partial charge in [0.05, 0.1) is 13.7 Å². The van der Waals surface area contributed by atoms with Gasteiger partial charge in [0, 0.05) is 5.56 Å². The molecule has 0 aliphatic heterocycles. The van der Waals surface area contributed by atoms with Gasteiger partial charge in [-0.1, -0.05) is 12.1 Å². The van der Waals surface area contributed by atoms with E-state index >= 15 is 0 Å². The number of methoxy groups -OCH3 is 1. The van der Waals surface area contributed by atoms with E-state index in [9.17, 15) is 10.1 Å². The van der Waals surface area contributed by atoms with Crippen LogP contribution in [0, 0.1) is 11.3 Å². The van der Waals surface area contributed by atoms with Gasteiger partial charge in [-0.25, -0.2) is 0 Å². The van der Waals surface area contributed by atoms with Crippen LogP contribution in [0.15, 0.2) is 54.1 Å². The van der Waals surface area contributed by atoms with Crippen molar-refractivity contribution < 1.29 is 14.3 Å². The van der Waals surface area contributed by atoms with Gasteiger partial charge in [-0.3, -0.25) is 4.79 Å². The van der Waals surface area contributed by atoms with Crippen molar-refractivity contribution in [3.63, 3.8) is 0 Å². The normalized spacial score (nSPS) is 10.7. The van der Waals surface area contributed by atoms with Gasteiger partial charge in [0.2, 0.25) is 5.78 Å². The lowest BCUT2D eigenvalue weighted by molar-refractivity contribution is 0.104. The summed E-state index contributed by atoms with van der Waals surface area (Å²) in [6.07, 6.45) is 1.57. The van der Waals surface area contributed by atoms with Crippen molar-refractivity contribution in [2.24, 2.45) is 0 Å². The maximum atomic E-state index is 12.4. The number of nitriles is 1. The van der Waals surface area contributed by atoms with Crippen molar-refractivity contribution in [1.29, 1.82) is 5.26 Å². The molecule has 0 bridgehead atoms. The molecule has 2 aromatic rings. The molecule has 4 heteroatoms. The molecular weight excluding hydrogens is 290 g/mol. The summed E-state index contributed by atoms with van der Waals surface area (Å²) in [7, 11) is 1.56. The van der Waals surface area contributed by atoms with E-state index in [1.807, 2.05) is 37.3 Å². The monoisotopic (exact) mass is 307 g/mol. The van der Waals surface area contributed by atoms with E-state index in [4.69, 9.17) is 9.47 Å². The average molecular weight is 307 g/mol. The molecule has 0 fully saturated rings. The maximum Gasteiger partial charge on any atom is 0.203 e. The maximum absolute atomic E-state index is 12.4. The zero-order valence-corrected chi connectivity index (χ0v) is 13.1. The number of nitrogens with zero attached hydrogens (tertiary/aromatic N) is 1. The van der Waals surface area contributed by atoms with Crippen LogP contribution in [0.1, 0.15) is 22.8 Å². The Labute approximate surface area is 135 Å². The third-order valence-electron chi connectivity index (χ3n) is 3.22. The van der Waals surface area contributed by atoms with Crippen molar-refractivity contribution in [2.45, 2.75) is 6.92 Å². The van der Waals surface area contributed by atoms with Crippen molar-refractivity contribution in [3.8, 4) is 17.6 Å². The minimum absolute atomic E-state index is 0.0827. The van der Waals surface area contributed by atoms with E-state index < -0.39 is 0 Å². The highest BCUT2D eigenvalue weighted by Crippen LogP contribution is 2.18. The third kappa shape index (κ3) is 4.21. The first kappa shape index (κ1) is 16.3. The molecule has 116 valence electrons. The Bertz CT molecular complexity index is 738. The molecule has 0 saturated carbocycles. The molecule has 0 atom stereocenters. The van der Waals surface area contributed by atoms with Crippen LogP contribution >= 0.6 is 0 Å². The lowest BCUT2D eigenvalue weighted by atomic mass is 10.0. The quantitative estimate of drug-likeness (QED) is 0.461. The Hall–Kier alpha value is -3.06. The predicted molar refractivity (Wildman–Crippen MR) is 88.5 cm³/mol. The molecule has 2 rings (SSSR count). The molecule has 0 aromatic heterocycles. The van der Waals surface area contributed by atoms with Crippen LogP contribution in [0.3, 0.4) is 0 Å². The molecule has 0 unspecified atom stereocenters. The van der Waals surface area contributed by atoms with Crippen LogP contribution in [-0.2, 0) is 0 Å². The Morgan fingerprint density at radius 3 is 2.22 bits per heavy atom. The van der Waals surface area contributed by atoms with Crippen LogP contribution in [0.25, 0.3) is 6.08 Å². The molecule has 0 aliphatic rings. The Morgan fingerprint density at radius 2 is 1.70 bits per heavy atom. The van der Waals surface area contributed by atoms with Crippen molar-refractivity contribution in [3.05, 3.63) is 65.2 Å². The summed E-state index contributed by atoms with van der Waals surface area (Å²) in [5.74, 6) is 1.10. The van der Waals surface area contributed by atoms with E-state index in [1.54, 1.807) is 37.5 Å². The molecule has 0 radical (unpaired) electrons. The number of ether oxygens (including phenoxy) is 2. The molecule has 0 aliphatic carbocycles. The zero-order valence-electron chi connectivity index (χ0n) is 13.1. The summed E-state index contributed by atoms with van der Waals surface area (Å²) in [4.78, 5) is 12.4. The average Bonchev–Trinajstić information content (AvgIpc) is 2.61. The lowest BCUT2D eigenvalue weighted by Crippen LogP contribution is -2.01. The van der Waals surface area contributed by atoms with Gasteiger partial charge in [-0.05, 0) is 55.0 Å². The van der Waals surface area contributed by atoms with Gasteiger partial charge in [0.25, 0.3) is 0 Å². The molecule has 0 saturated heterocycles. The molecule has 4 nitrogen and oxygen atoms in total. The number of benzene rings is 2. The molecule has 0 heterocycles. The zero-order chi connectivity index (χ0) is 16.7. The van der Waals surface area contributed by atoms with Gasteiger partial charge < -0.3 is 9.47 Å². The van der Waals surface area contributed by atoms with E-state index in [-0.39, 0.29) is 11.4 Å². The number of rotatable bonds is 6. The highest BCUT2D eigenvalue weighted by Gasteiger charge is 2.12. The van der Waals surface area contributed by atoms with Crippen LogP contribution in [0.2, 0.25) is 0 Å². The number of allylic oxidation sites excluding steroid dienone is 1. The summed E-state index contributed by atoms with van der Waals surface area (Å²) in [5, 5.41) is 9.27. The first-order valence-corrected chi connectivity index (χ1v) is 7.21. The number of carbonyl (C=O) groups excluding carboxylic acids is 1. The Kier molecular flexibility index (Phi) is 5.54. The largest absolute Gasteiger partial charge is 0.497 e. The smallest absolute Gasteiger partial charge is 0.203 e. The fourth-order valence-electron chi connectivity index (χ4n) is 2.04. The Morgan fingerprint density at radius 1 is 1.09 bits per heavy atom. The SMILES string of the molecule is CCOc1ccc(/C=C(/C#N)C(=O)c2ccc(OC)cc2)cc1. The second-order valence-corrected chi connectivity index (χ2v) is 4.73. The first-order valence-electron chi connectivity index (χ1n) is 7.21. The Balaban J connectivity index is 2.23. The lowest BCUT2D eigenvalue weighted by Gasteiger charge is -2.04. The van der Waals surface area contributed by atoms with Crippen molar-refractivity contribution in [2.75, 3.05) is 13.7 Å². The van der Waals surface area contributed by atoms with Gasteiger partial charge in [0.15, 0.2) is 0 Å². The summed E-state index contributed by atoms with van der Waals surface area (Å²) < 4.78 is 10.4. The van der Waals surface area contributed by atoms with Crippen molar-refractivity contribution in [1.82, 2.24) is 0 Å².